The summed E-state index contributed by atoms with van der Waals surface area (Å²) in [6.07, 6.45) is 2.79. The van der Waals surface area contributed by atoms with Crippen molar-refractivity contribution in [2.75, 3.05) is 33.4 Å². The van der Waals surface area contributed by atoms with Crippen molar-refractivity contribution in [1.29, 1.82) is 0 Å². The third kappa shape index (κ3) is 3.49. The van der Waals surface area contributed by atoms with Crippen molar-refractivity contribution in [2.24, 2.45) is 0 Å². The lowest BCUT2D eigenvalue weighted by molar-refractivity contribution is -0.160. The van der Waals surface area contributed by atoms with Gasteiger partial charge < -0.3 is 9.47 Å². The highest BCUT2D eigenvalue weighted by Crippen LogP contribution is 2.50. The average molecular weight is 346 g/mol. The number of benzene rings is 1. The number of rotatable bonds is 7. The molecule has 1 aromatic rings. The molecule has 0 unspecified atom stereocenters. The Balaban J connectivity index is 1.71. The summed E-state index contributed by atoms with van der Waals surface area (Å²) in [5.74, 6) is 0.783. The molecule has 1 aliphatic carbocycles. The Morgan fingerprint density at radius 1 is 1.12 bits per heavy atom. The van der Waals surface area contributed by atoms with Crippen molar-refractivity contribution in [1.82, 2.24) is 10.0 Å². The van der Waals surface area contributed by atoms with Gasteiger partial charge in [-0.05, 0) is 43.9 Å². The molecule has 0 aromatic heterocycles. The Bertz CT molecular complexity index is 625. The van der Waals surface area contributed by atoms with Crippen molar-refractivity contribution in [2.45, 2.75) is 38.0 Å². The third-order valence-corrected chi connectivity index (χ3v) is 5.02. The van der Waals surface area contributed by atoms with E-state index in [4.69, 9.17) is 9.47 Å². The van der Waals surface area contributed by atoms with Crippen molar-refractivity contribution in [3.05, 3.63) is 29.8 Å². The van der Waals surface area contributed by atoms with E-state index in [-0.39, 0.29) is 11.8 Å². The molecular weight excluding hydrogens is 320 g/mol. The van der Waals surface area contributed by atoms with Crippen molar-refractivity contribution in [3.63, 3.8) is 0 Å². The summed E-state index contributed by atoms with van der Waals surface area (Å²) in [5, 5.41) is 3.27. The summed E-state index contributed by atoms with van der Waals surface area (Å²) in [5.41, 5.74) is 0.529. The minimum absolute atomic E-state index is 0.0372. The molecule has 25 heavy (non-hydrogen) atoms. The largest absolute Gasteiger partial charge is 0.497 e. The van der Waals surface area contributed by atoms with Gasteiger partial charge in [-0.15, -0.1) is 0 Å². The number of nitrogens with zero attached hydrogens (tertiary/aromatic N) is 2. The van der Waals surface area contributed by atoms with Gasteiger partial charge in [0.15, 0.2) is 0 Å². The second-order valence-corrected chi connectivity index (χ2v) is 6.56. The molecule has 0 N–H and O–H groups in total. The fourth-order valence-electron chi connectivity index (χ4n) is 3.42. The van der Waals surface area contributed by atoms with Crippen LogP contribution in [0.1, 0.15) is 38.2 Å². The zero-order valence-corrected chi connectivity index (χ0v) is 15.0. The first-order valence-corrected chi connectivity index (χ1v) is 8.97. The maximum absolute atomic E-state index is 13.2. The van der Waals surface area contributed by atoms with Gasteiger partial charge in [0, 0.05) is 19.7 Å². The zero-order chi connectivity index (χ0) is 17.9. The van der Waals surface area contributed by atoms with E-state index in [0.717, 1.165) is 30.6 Å². The maximum atomic E-state index is 13.2. The van der Waals surface area contributed by atoms with E-state index in [1.807, 2.05) is 31.2 Å². The van der Waals surface area contributed by atoms with Crippen LogP contribution in [0.25, 0.3) is 0 Å². The molecule has 1 saturated carbocycles. The van der Waals surface area contributed by atoms with Crippen LogP contribution in [0.4, 0.5) is 0 Å². The molecule has 0 atom stereocenters. The van der Waals surface area contributed by atoms with Crippen LogP contribution in [-0.4, -0.2) is 55.2 Å². The summed E-state index contributed by atoms with van der Waals surface area (Å²) in [6.45, 7) is 4.11. The predicted molar refractivity (Wildman–Crippen MR) is 93.1 cm³/mol. The summed E-state index contributed by atoms with van der Waals surface area (Å²) >= 11 is 0. The molecule has 136 valence electrons. The second-order valence-electron chi connectivity index (χ2n) is 6.56. The highest BCUT2D eigenvalue weighted by Gasteiger charge is 2.54. The minimum Gasteiger partial charge on any atom is -0.497 e. The van der Waals surface area contributed by atoms with Crippen LogP contribution in [0.15, 0.2) is 24.3 Å². The van der Waals surface area contributed by atoms with Crippen molar-refractivity contribution in [3.8, 4) is 5.75 Å². The first-order valence-electron chi connectivity index (χ1n) is 8.97. The molecule has 1 saturated heterocycles. The Labute approximate surface area is 148 Å². The average Bonchev–Trinajstić information content (AvgIpc) is 3.30. The fourth-order valence-corrected chi connectivity index (χ4v) is 3.42. The number of hydrazine groups is 1. The van der Waals surface area contributed by atoms with E-state index in [0.29, 0.717) is 32.7 Å². The van der Waals surface area contributed by atoms with Crippen LogP contribution >= 0.6 is 0 Å². The van der Waals surface area contributed by atoms with Gasteiger partial charge in [-0.25, -0.2) is 0 Å². The molecule has 0 radical (unpaired) electrons. The molecule has 6 nitrogen and oxygen atoms in total. The van der Waals surface area contributed by atoms with E-state index in [2.05, 4.69) is 0 Å². The van der Waals surface area contributed by atoms with Gasteiger partial charge in [0.1, 0.15) is 5.75 Å². The van der Waals surface area contributed by atoms with E-state index < -0.39 is 5.41 Å². The lowest BCUT2D eigenvalue weighted by Crippen LogP contribution is -2.49. The standard InChI is InChI=1S/C19H26N2O4/c1-3-25-14-9-17(22)20-12-4-13-21(20)18(23)19(10-11-19)15-5-7-16(24-2)8-6-15/h5-8H,3-4,9-14H2,1-2H3. The second kappa shape index (κ2) is 7.44. The van der Waals surface area contributed by atoms with Crippen LogP contribution in [0.5, 0.6) is 5.75 Å². The maximum Gasteiger partial charge on any atom is 0.251 e. The van der Waals surface area contributed by atoms with Gasteiger partial charge in [-0.1, -0.05) is 12.1 Å². The van der Waals surface area contributed by atoms with Gasteiger partial charge in [0.25, 0.3) is 5.91 Å². The SMILES string of the molecule is CCOCCC(=O)N1CCCN1C(=O)C1(c2ccc(OC)cc2)CC1. The number of amides is 2. The molecule has 1 heterocycles. The highest BCUT2D eigenvalue weighted by atomic mass is 16.5. The van der Waals surface area contributed by atoms with Gasteiger partial charge >= 0.3 is 0 Å². The van der Waals surface area contributed by atoms with E-state index in [1.165, 1.54) is 0 Å². The summed E-state index contributed by atoms with van der Waals surface area (Å²) in [4.78, 5) is 25.6. The van der Waals surface area contributed by atoms with E-state index in [9.17, 15) is 9.59 Å². The number of hydrogen-bond donors (Lipinski definition) is 0. The topological polar surface area (TPSA) is 59.1 Å². The zero-order valence-electron chi connectivity index (χ0n) is 15.0. The first-order chi connectivity index (χ1) is 12.1. The minimum atomic E-state index is -0.477. The van der Waals surface area contributed by atoms with Crippen LogP contribution in [-0.2, 0) is 19.7 Å². The number of hydrogen-bond acceptors (Lipinski definition) is 4. The van der Waals surface area contributed by atoms with Crippen molar-refractivity contribution >= 4 is 11.8 Å². The summed E-state index contributed by atoms with van der Waals surface area (Å²) in [7, 11) is 1.63. The number of carbonyl (C=O) groups is 2. The Kier molecular flexibility index (Phi) is 5.27. The van der Waals surface area contributed by atoms with E-state index in [1.54, 1.807) is 17.1 Å². The molecule has 0 bridgehead atoms. The van der Waals surface area contributed by atoms with Gasteiger partial charge in [0.2, 0.25) is 5.91 Å². The Morgan fingerprint density at radius 3 is 2.40 bits per heavy atom. The van der Waals surface area contributed by atoms with Gasteiger partial charge in [-0.2, -0.15) is 0 Å². The molecule has 2 amide bonds. The highest BCUT2D eigenvalue weighted by molar-refractivity contribution is 5.93. The lowest BCUT2D eigenvalue weighted by atomic mass is 9.94. The third-order valence-electron chi connectivity index (χ3n) is 5.02. The molecule has 1 aliphatic heterocycles. The fraction of sp³-hybridized carbons (Fsp3) is 0.579. The smallest absolute Gasteiger partial charge is 0.251 e. The monoisotopic (exact) mass is 346 g/mol. The molecule has 2 aliphatic rings. The molecule has 6 heteroatoms. The van der Waals surface area contributed by atoms with Crippen LogP contribution < -0.4 is 4.74 Å². The molecule has 3 rings (SSSR count). The van der Waals surface area contributed by atoms with Crippen LogP contribution in [0.3, 0.4) is 0 Å². The lowest BCUT2D eigenvalue weighted by Gasteiger charge is -2.31. The normalized spacial score (nSPS) is 18.3. The number of methoxy groups -OCH3 is 1. The molecule has 2 fully saturated rings. The first kappa shape index (κ1) is 17.7. The summed E-state index contributed by atoms with van der Waals surface area (Å²) < 4.78 is 10.5. The van der Waals surface area contributed by atoms with E-state index >= 15 is 0 Å². The Morgan fingerprint density at radius 2 is 1.80 bits per heavy atom. The molecular formula is C19H26N2O4. The van der Waals surface area contributed by atoms with Crippen LogP contribution in [0, 0.1) is 0 Å². The quantitative estimate of drug-likeness (QED) is 0.710. The molecule has 1 aromatic carbocycles. The Hall–Kier alpha value is -2.08. The summed E-state index contributed by atoms with van der Waals surface area (Å²) in [6, 6.07) is 7.69. The van der Waals surface area contributed by atoms with Crippen LogP contribution in [0.2, 0.25) is 0 Å². The van der Waals surface area contributed by atoms with Gasteiger partial charge in [-0.3, -0.25) is 19.6 Å². The number of carbonyl (C=O) groups excluding carboxylic acids is 2. The van der Waals surface area contributed by atoms with Crippen molar-refractivity contribution < 1.29 is 19.1 Å². The van der Waals surface area contributed by atoms with Gasteiger partial charge in [0.05, 0.1) is 25.6 Å². The molecule has 0 spiro atoms. The predicted octanol–water partition coefficient (Wildman–Crippen LogP) is 2.13. The number of ether oxygens (including phenoxy) is 2.